The van der Waals surface area contributed by atoms with E-state index < -0.39 is 58.1 Å². The Morgan fingerprint density at radius 2 is 1.64 bits per heavy atom. The molecule has 2 heterocycles. The van der Waals surface area contributed by atoms with Crippen molar-refractivity contribution < 1.29 is 41.1 Å². The van der Waals surface area contributed by atoms with Gasteiger partial charge in [-0.3, -0.25) is 4.79 Å². The van der Waals surface area contributed by atoms with Gasteiger partial charge in [-0.05, 0) is 51.0 Å². The molecule has 0 aliphatic heterocycles. The average Bonchev–Trinajstić information content (AvgIpc) is 3.24. The standard InChI is InChI=1S/C28H26F3NO7/c1-14(2)22(32-26(35)39-27(3,4)5)25(34)36-16-10-11-17-19(13-16)38-24(28(29,30)31)21(23(17)33)20-12-15-8-6-7-9-18(15)37-20/h6-14,22H,1-5H3,(H,32,35). The van der Waals surface area contributed by atoms with E-state index in [4.69, 9.17) is 18.3 Å². The van der Waals surface area contributed by atoms with Gasteiger partial charge in [-0.15, -0.1) is 0 Å². The van der Waals surface area contributed by atoms with Crippen LogP contribution in [0.2, 0.25) is 0 Å². The van der Waals surface area contributed by atoms with Crippen molar-refractivity contribution in [3.8, 4) is 17.1 Å². The molecule has 0 fully saturated rings. The predicted octanol–water partition coefficient (Wildman–Crippen LogP) is 6.68. The normalized spacial score (nSPS) is 13.1. The number of carbonyl (C=O) groups is 2. The number of para-hydroxylation sites is 1. The van der Waals surface area contributed by atoms with Crippen LogP contribution in [-0.2, 0) is 15.7 Å². The molecule has 0 spiro atoms. The number of ether oxygens (including phenoxy) is 2. The Balaban J connectivity index is 1.71. The lowest BCUT2D eigenvalue weighted by Crippen LogP contribution is -2.48. The third-order valence-electron chi connectivity index (χ3n) is 5.60. The maximum absolute atomic E-state index is 14.0. The molecule has 0 aliphatic rings. The minimum Gasteiger partial charge on any atom is -0.456 e. The largest absolute Gasteiger partial charge is 0.456 e. The summed E-state index contributed by atoms with van der Waals surface area (Å²) in [5.74, 6) is -3.31. The number of alkyl halides is 3. The number of hydrogen-bond acceptors (Lipinski definition) is 7. The number of rotatable bonds is 5. The Morgan fingerprint density at radius 1 is 0.949 bits per heavy atom. The van der Waals surface area contributed by atoms with Crippen LogP contribution >= 0.6 is 0 Å². The van der Waals surface area contributed by atoms with Crippen molar-refractivity contribution >= 4 is 34.0 Å². The van der Waals surface area contributed by atoms with Crippen LogP contribution in [0.15, 0.2) is 62.2 Å². The number of nitrogens with one attached hydrogen (secondary N) is 1. The summed E-state index contributed by atoms with van der Waals surface area (Å²) >= 11 is 0. The maximum Gasteiger partial charge on any atom is 0.450 e. The van der Waals surface area contributed by atoms with E-state index in [0.29, 0.717) is 11.0 Å². The zero-order valence-corrected chi connectivity index (χ0v) is 21.8. The van der Waals surface area contributed by atoms with Crippen molar-refractivity contribution in [3.05, 3.63) is 64.5 Å². The number of carbonyl (C=O) groups excluding carboxylic acids is 2. The molecule has 2 aromatic carbocycles. The molecule has 0 saturated heterocycles. The van der Waals surface area contributed by atoms with Gasteiger partial charge in [0.15, 0.2) is 0 Å². The Bertz CT molecular complexity index is 1580. The average molecular weight is 546 g/mol. The summed E-state index contributed by atoms with van der Waals surface area (Å²) in [5.41, 5.74) is -2.67. The molecule has 1 N–H and O–H groups in total. The van der Waals surface area contributed by atoms with Crippen molar-refractivity contribution in [2.75, 3.05) is 0 Å². The molecule has 11 heteroatoms. The third-order valence-corrected chi connectivity index (χ3v) is 5.60. The number of amides is 1. The third kappa shape index (κ3) is 6.08. The van der Waals surface area contributed by atoms with Crippen LogP contribution in [0.5, 0.6) is 5.75 Å². The first kappa shape index (κ1) is 27.7. The number of halogens is 3. The summed E-state index contributed by atoms with van der Waals surface area (Å²) < 4.78 is 63.3. The first-order valence-electron chi connectivity index (χ1n) is 12.0. The topological polar surface area (TPSA) is 108 Å². The molecule has 0 saturated carbocycles. The number of benzene rings is 2. The maximum atomic E-state index is 14.0. The van der Waals surface area contributed by atoms with Gasteiger partial charge in [0.05, 0.1) is 5.39 Å². The highest BCUT2D eigenvalue weighted by Crippen LogP contribution is 2.39. The van der Waals surface area contributed by atoms with E-state index in [-0.39, 0.29) is 16.9 Å². The van der Waals surface area contributed by atoms with E-state index in [0.717, 1.165) is 6.07 Å². The minimum atomic E-state index is -5.03. The predicted molar refractivity (Wildman–Crippen MR) is 136 cm³/mol. The second-order valence-electron chi connectivity index (χ2n) is 10.2. The van der Waals surface area contributed by atoms with E-state index in [1.165, 1.54) is 18.2 Å². The van der Waals surface area contributed by atoms with Crippen LogP contribution in [0.4, 0.5) is 18.0 Å². The van der Waals surface area contributed by atoms with Gasteiger partial charge < -0.3 is 23.6 Å². The number of fused-ring (bicyclic) bond motifs is 2. The van der Waals surface area contributed by atoms with Crippen molar-refractivity contribution in [2.24, 2.45) is 5.92 Å². The molecule has 2 aromatic heterocycles. The summed E-state index contributed by atoms with van der Waals surface area (Å²) in [6.45, 7) is 8.31. The van der Waals surface area contributed by atoms with Crippen molar-refractivity contribution in [2.45, 2.75) is 52.4 Å². The van der Waals surface area contributed by atoms with Gasteiger partial charge in [0.2, 0.25) is 11.2 Å². The molecule has 4 rings (SSSR count). The molecule has 0 radical (unpaired) electrons. The first-order valence-corrected chi connectivity index (χ1v) is 12.0. The van der Waals surface area contributed by atoms with Gasteiger partial charge in [-0.2, -0.15) is 13.2 Å². The van der Waals surface area contributed by atoms with Gasteiger partial charge in [-0.1, -0.05) is 32.0 Å². The number of esters is 1. The van der Waals surface area contributed by atoms with Gasteiger partial charge in [0.1, 0.15) is 39.9 Å². The molecule has 1 amide bonds. The minimum absolute atomic E-state index is 0.175. The van der Waals surface area contributed by atoms with E-state index in [1.807, 2.05) is 0 Å². The molecule has 8 nitrogen and oxygen atoms in total. The summed E-state index contributed by atoms with van der Waals surface area (Å²) in [7, 11) is 0. The van der Waals surface area contributed by atoms with Crippen molar-refractivity contribution in [3.63, 3.8) is 0 Å². The molecule has 1 atom stereocenters. The van der Waals surface area contributed by atoms with Crippen molar-refractivity contribution in [1.29, 1.82) is 0 Å². The lowest BCUT2D eigenvalue weighted by Gasteiger charge is -2.24. The fraction of sp³-hybridized carbons (Fsp3) is 0.321. The lowest BCUT2D eigenvalue weighted by molar-refractivity contribution is -0.152. The highest BCUT2D eigenvalue weighted by atomic mass is 19.4. The van der Waals surface area contributed by atoms with E-state index in [1.54, 1.807) is 58.9 Å². The SMILES string of the molecule is CC(C)C(NC(=O)OC(C)(C)C)C(=O)Oc1ccc2c(=O)c(-c3cc4ccccc4o3)c(C(F)(F)F)oc2c1. The second kappa shape index (κ2) is 10.1. The smallest absolute Gasteiger partial charge is 0.450 e. The zero-order chi connectivity index (χ0) is 28.7. The van der Waals surface area contributed by atoms with Crippen LogP contribution in [0.3, 0.4) is 0 Å². The molecular formula is C28H26F3NO7. The molecule has 0 bridgehead atoms. The fourth-order valence-electron chi connectivity index (χ4n) is 3.88. The molecule has 1 unspecified atom stereocenters. The van der Waals surface area contributed by atoms with Gasteiger partial charge in [0, 0.05) is 11.5 Å². The highest BCUT2D eigenvalue weighted by molar-refractivity contribution is 5.88. The second-order valence-corrected chi connectivity index (χ2v) is 10.2. The zero-order valence-electron chi connectivity index (χ0n) is 21.8. The Hall–Kier alpha value is -4.28. The van der Waals surface area contributed by atoms with Crippen LogP contribution in [-0.4, -0.2) is 23.7 Å². The Morgan fingerprint density at radius 3 is 2.26 bits per heavy atom. The van der Waals surface area contributed by atoms with Crippen LogP contribution < -0.4 is 15.5 Å². The van der Waals surface area contributed by atoms with Gasteiger partial charge >= 0.3 is 18.2 Å². The number of alkyl carbamates (subject to hydrolysis) is 1. The molecule has 4 aromatic rings. The monoisotopic (exact) mass is 545 g/mol. The summed E-state index contributed by atoms with van der Waals surface area (Å²) in [6, 6.07) is 10.2. The van der Waals surface area contributed by atoms with E-state index >= 15 is 0 Å². The Kier molecular flexibility index (Phi) is 7.20. The van der Waals surface area contributed by atoms with Gasteiger partial charge in [-0.25, -0.2) is 9.59 Å². The van der Waals surface area contributed by atoms with Crippen LogP contribution in [0.25, 0.3) is 33.3 Å². The summed E-state index contributed by atoms with van der Waals surface area (Å²) in [4.78, 5) is 38.3. The van der Waals surface area contributed by atoms with Crippen molar-refractivity contribution in [1.82, 2.24) is 5.32 Å². The quantitative estimate of drug-likeness (QED) is 0.220. The fourth-order valence-corrected chi connectivity index (χ4v) is 3.88. The highest BCUT2D eigenvalue weighted by Gasteiger charge is 2.40. The number of hydrogen-bond donors (Lipinski definition) is 1. The van der Waals surface area contributed by atoms with E-state index in [9.17, 15) is 27.6 Å². The summed E-state index contributed by atoms with van der Waals surface area (Å²) in [5, 5.41) is 2.78. The molecule has 0 aliphatic carbocycles. The molecule has 39 heavy (non-hydrogen) atoms. The number of furan rings is 1. The van der Waals surface area contributed by atoms with Gasteiger partial charge in [0.25, 0.3) is 0 Å². The van der Waals surface area contributed by atoms with E-state index in [2.05, 4.69) is 5.32 Å². The molecular weight excluding hydrogens is 519 g/mol. The first-order chi connectivity index (χ1) is 18.1. The van der Waals surface area contributed by atoms with Crippen LogP contribution in [0.1, 0.15) is 40.4 Å². The van der Waals surface area contributed by atoms with Crippen LogP contribution in [0, 0.1) is 5.92 Å². The molecule has 206 valence electrons. The lowest BCUT2D eigenvalue weighted by atomic mass is 10.0. The Labute approximate surface area is 220 Å². The summed E-state index contributed by atoms with van der Waals surface area (Å²) in [6.07, 6.45) is -5.87.